The SMILES string of the molecule is CON(C)C(=O)c1ccc(-n2nc(C)c(Cl)c2C)cc1. The Morgan fingerprint density at radius 1 is 1.30 bits per heavy atom. The Bertz CT molecular complexity index is 635. The number of hydroxylamine groups is 2. The number of carbonyl (C=O) groups excluding carboxylic acids is 1. The molecule has 0 saturated heterocycles. The fourth-order valence-electron chi connectivity index (χ4n) is 1.88. The zero-order valence-corrected chi connectivity index (χ0v) is 12.6. The lowest BCUT2D eigenvalue weighted by Crippen LogP contribution is -2.25. The second kappa shape index (κ2) is 5.64. The third kappa shape index (κ3) is 2.55. The maximum Gasteiger partial charge on any atom is 0.277 e. The van der Waals surface area contributed by atoms with E-state index >= 15 is 0 Å². The Morgan fingerprint density at radius 3 is 2.35 bits per heavy atom. The summed E-state index contributed by atoms with van der Waals surface area (Å²) in [4.78, 5) is 16.8. The van der Waals surface area contributed by atoms with Gasteiger partial charge in [0.25, 0.3) is 5.91 Å². The average molecular weight is 294 g/mol. The zero-order chi connectivity index (χ0) is 14.9. The minimum atomic E-state index is -0.203. The molecule has 1 aromatic heterocycles. The number of hydrogen-bond donors (Lipinski definition) is 0. The Kier molecular flexibility index (Phi) is 4.11. The number of halogens is 1. The van der Waals surface area contributed by atoms with E-state index in [4.69, 9.17) is 16.4 Å². The van der Waals surface area contributed by atoms with E-state index in [1.807, 2.05) is 26.0 Å². The summed E-state index contributed by atoms with van der Waals surface area (Å²) in [5.41, 5.74) is 3.06. The molecule has 0 aliphatic carbocycles. The predicted octanol–water partition coefficient (Wildman–Crippen LogP) is 2.78. The van der Waals surface area contributed by atoms with E-state index in [-0.39, 0.29) is 5.91 Å². The molecule has 2 rings (SSSR count). The molecule has 0 fully saturated rings. The minimum absolute atomic E-state index is 0.203. The van der Waals surface area contributed by atoms with Crippen molar-refractivity contribution in [2.75, 3.05) is 14.2 Å². The predicted molar refractivity (Wildman–Crippen MR) is 77.2 cm³/mol. The maximum atomic E-state index is 11.9. The van der Waals surface area contributed by atoms with Crippen LogP contribution in [0.4, 0.5) is 0 Å². The molecule has 0 atom stereocenters. The molecule has 106 valence electrons. The van der Waals surface area contributed by atoms with Crippen LogP contribution in [-0.4, -0.2) is 34.9 Å². The van der Waals surface area contributed by atoms with Gasteiger partial charge in [-0.05, 0) is 38.1 Å². The van der Waals surface area contributed by atoms with Gasteiger partial charge in [0.15, 0.2) is 0 Å². The molecule has 20 heavy (non-hydrogen) atoms. The van der Waals surface area contributed by atoms with Crippen LogP contribution in [0.1, 0.15) is 21.7 Å². The summed E-state index contributed by atoms with van der Waals surface area (Å²) < 4.78 is 1.76. The van der Waals surface area contributed by atoms with Crippen molar-refractivity contribution >= 4 is 17.5 Å². The first-order chi connectivity index (χ1) is 9.45. The van der Waals surface area contributed by atoms with Gasteiger partial charge in [0.2, 0.25) is 0 Å². The number of benzene rings is 1. The Morgan fingerprint density at radius 2 is 1.90 bits per heavy atom. The van der Waals surface area contributed by atoms with E-state index in [0.29, 0.717) is 10.6 Å². The third-order valence-corrected chi connectivity index (χ3v) is 3.67. The van der Waals surface area contributed by atoms with Crippen molar-refractivity contribution in [2.24, 2.45) is 0 Å². The fraction of sp³-hybridized carbons (Fsp3) is 0.286. The molecule has 6 heteroatoms. The molecule has 1 aromatic carbocycles. The molecular formula is C14H16ClN3O2. The van der Waals surface area contributed by atoms with Crippen molar-refractivity contribution in [3.63, 3.8) is 0 Å². The van der Waals surface area contributed by atoms with Gasteiger partial charge in [-0.1, -0.05) is 11.6 Å². The minimum Gasteiger partial charge on any atom is -0.274 e. The smallest absolute Gasteiger partial charge is 0.274 e. The van der Waals surface area contributed by atoms with Gasteiger partial charge in [0.05, 0.1) is 29.2 Å². The fourth-order valence-corrected chi connectivity index (χ4v) is 2.00. The molecule has 0 aliphatic heterocycles. The molecule has 0 spiro atoms. The third-order valence-electron chi connectivity index (χ3n) is 3.12. The van der Waals surface area contributed by atoms with Crippen LogP contribution in [-0.2, 0) is 4.84 Å². The van der Waals surface area contributed by atoms with Crippen LogP contribution < -0.4 is 0 Å². The summed E-state index contributed by atoms with van der Waals surface area (Å²) in [7, 11) is 3.02. The van der Waals surface area contributed by atoms with Crippen LogP contribution in [0.5, 0.6) is 0 Å². The highest BCUT2D eigenvalue weighted by Gasteiger charge is 2.13. The number of hydrogen-bond acceptors (Lipinski definition) is 3. The number of nitrogens with zero attached hydrogens (tertiary/aromatic N) is 3. The second-order valence-electron chi connectivity index (χ2n) is 4.43. The van der Waals surface area contributed by atoms with Crippen molar-refractivity contribution in [2.45, 2.75) is 13.8 Å². The van der Waals surface area contributed by atoms with Crippen LogP contribution >= 0.6 is 11.6 Å². The first-order valence-electron chi connectivity index (χ1n) is 6.10. The monoisotopic (exact) mass is 293 g/mol. The molecular weight excluding hydrogens is 278 g/mol. The summed E-state index contributed by atoms with van der Waals surface area (Å²) in [6.07, 6.45) is 0. The van der Waals surface area contributed by atoms with Crippen LogP contribution in [0.25, 0.3) is 5.69 Å². The molecule has 1 amide bonds. The molecule has 0 aliphatic rings. The van der Waals surface area contributed by atoms with Gasteiger partial charge >= 0.3 is 0 Å². The average Bonchev–Trinajstić information content (AvgIpc) is 2.73. The van der Waals surface area contributed by atoms with E-state index in [9.17, 15) is 4.79 Å². The number of rotatable bonds is 3. The first kappa shape index (κ1) is 14.6. The maximum absolute atomic E-state index is 11.9. The molecule has 5 nitrogen and oxygen atoms in total. The standard InChI is InChI=1S/C14H16ClN3O2/c1-9-13(15)10(2)18(16-9)12-7-5-11(6-8-12)14(19)17(3)20-4/h5-8H,1-4H3. The van der Waals surface area contributed by atoms with Gasteiger partial charge in [0, 0.05) is 12.6 Å². The first-order valence-corrected chi connectivity index (χ1v) is 6.47. The van der Waals surface area contributed by atoms with Gasteiger partial charge in [0.1, 0.15) is 0 Å². The van der Waals surface area contributed by atoms with Crippen LogP contribution in [0.2, 0.25) is 5.02 Å². The van der Waals surface area contributed by atoms with Gasteiger partial charge in [-0.25, -0.2) is 9.75 Å². The topological polar surface area (TPSA) is 47.4 Å². The molecule has 0 unspecified atom stereocenters. The molecule has 0 radical (unpaired) electrons. The largest absolute Gasteiger partial charge is 0.277 e. The van der Waals surface area contributed by atoms with E-state index < -0.39 is 0 Å². The highest BCUT2D eigenvalue weighted by molar-refractivity contribution is 6.31. The highest BCUT2D eigenvalue weighted by Crippen LogP contribution is 2.22. The van der Waals surface area contributed by atoms with Crippen LogP contribution in [0.3, 0.4) is 0 Å². The Balaban J connectivity index is 2.33. The van der Waals surface area contributed by atoms with Gasteiger partial charge < -0.3 is 0 Å². The summed E-state index contributed by atoms with van der Waals surface area (Å²) in [6.45, 7) is 3.76. The summed E-state index contributed by atoms with van der Waals surface area (Å²) in [5.74, 6) is -0.203. The normalized spacial score (nSPS) is 10.7. The second-order valence-corrected chi connectivity index (χ2v) is 4.81. The van der Waals surface area contributed by atoms with Crippen LogP contribution in [0.15, 0.2) is 24.3 Å². The van der Waals surface area contributed by atoms with Crippen molar-refractivity contribution in [1.82, 2.24) is 14.8 Å². The van der Waals surface area contributed by atoms with Crippen molar-refractivity contribution < 1.29 is 9.63 Å². The van der Waals surface area contributed by atoms with E-state index in [1.54, 1.807) is 23.9 Å². The molecule has 0 bridgehead atoms. The summed E-state index contributed by atoms with van der Waals surface area (Å²) in [5, 5.41) is 6.20. The lowest BCUT2D eigenvalue weighted by molar-refractivity contribution is -0.0756. The van der Waals surface area contributed by atoms with E-state index in [1.165, 1.54) is 12.2 Å². The van der Waals surface area contributed by atoms with Gasteiger partial charge in [-0.2, -0.15) is 5.10 Å². The summed E-state index contributed by atoms with van der Waals surface area (Å²) >= 11 is 6.13. The van der Waals surface area contributed by atoms with Crippen LogP contribution in [0, 0.1) is 13.8 Å². The molecule has 0 N–H and O–H groups in total. The summed E-state index contributed by atoms with van der Waals surface area (Å²) in [6, 6.07) is 7.12. The quantitative estimate of drug-likeness (QED) is 0.818. The number of carbonyl (C=O) groups is 1. The van der Waals surface area contributed by atoms with Crippen molar-refractivity contribution in [3.05, 3.63) is 46.2 Å². The molecule has 1 heterocycles. The molecule has 0 saturated carbocycles. The van der Waals surface area contributed by atoms with Gasteiger partial charge in [-0.15, -0.1) is 0 Å². The number of aryl methyl sites for hydroxylation is 1. The Labute approximate surface area is 122 Å². The zero-order valence-electron chi connectivity index (χ0n) is 11.8. The number of aromatic nitrogens is 2. The van der Waals surface area contributed by atoms with Crippen molar-refractivity contribution in [1.29, 1.82) is 0 Å². The molecule has 2 aromatic rings. The Hall–Kier alpha value is -1.85. The van der Waals surface area contributed by atoms with Gasteiger partial charge in [-0.3, -0.25) is 9.63 Å². The lowest BCUT2D eigenvalue weighted by atomic mass is 10.2. The van der Waals surface area contributed by atoms with E-state index in [0.717, 1.165) is 17.1 Å². The van der Waals surface area contributed by atoms with E-state index in [2.05, 4.69) is 5.10 Å². The lowest BCUT2D eigenvalue weighted by Gasteiger charge is -2.13. The highest BCUT2D eigenvalue weighted by atomic mass is 35.5. The van der Waals surface area contributed by atoms with Crippen molar-refractivity contribution in [3.8, 4) is 5.69 Å². The number of amides is 1.